The van der Waals surface area contributed by atoms with E-state index in [0.717, 1.165) is 22.5 Å². The van der Waals surface area contributed by atoms with Gasteiger partial charge >= 0.3 is 0 Å². The van der Waals surface area contributed by atoms with Crippen molar-refractivity contribution in [2.24, 2.45) is 4.99 Å². The molecule has 3 rings (SSSR count). The first-order valence-electron chi connectivity index (χ1n) is 7.01. The number of hydrogen-bond donors (Lipinski definition) is 0. The molecule has 0 unspecified atom stereocenters. The number of non-ortho nitro benzene ring substituents is 1. The Hall–Kier alpha value is -3.28. The summed E-state index contributed by atoms with van der Waals surface area (Å²) in [5, 5.41) is 15.4. The number of nitro groups is 1. The third-order valence-corrected chi connectivity index (χ3v) is 3.38. The molecule has 0 aliphatic rings. The number of nitrogens with zero attached hydrogens (tertiary/aromatic N) is 4. The zero-order valence-corrected chi connectivity index (χ0v) is 12.5. The maximum atomic E-state index is 10.8. The van der Waals surface area contributed by atoms with E-state index >= 15 is 0 Å². The van der Waals surface area contributed by atoms with Gasteiger partial charge in [-0.3, -0.25) is 15.1 Å². The molecule has 23 heavy (non-hydrogen) atoms. The molecule has 3 aromatic rings. The Kier molecular flexibility index (Phi) is 3.97. The molecule has 0 saturated carbocycles. The highest BCUT2D eigenvalue weighted by atomic mass is 16.6. The van der Waals surface area contributed by atoms with Crippen molar-refractivity contribution >= 4 is 11.9 Å². The monoisotopic (exact) mass is 306 g/mol. The predicted molar refractivity (Wildman–Crippen MR) is 89.2 cm³/mol. The van der Waals surface area contributed by atoms with Crippen molar-refractivity contribution in [3.05, 3.63) is 76.5 Å². The van der Waals surface area contributed by atoms with Gasteiger partial charge in [-0.05, 0) is 24.3 Å². The first-order valence-corrected chi connectivity index (χ1v) is 7.01. The second-order valence-corrected chi connectivity index (χ2v) is 4.90. The highest BCUT2D eigenvalue weighted by molar-refractivity contribution is 5.88. The SMILES string of the molecule is CN=Cc1cn(-c2ccccc2)nc1-c1ccc([N+](=O)[O-])cc1. The van der Waals surface area contributed by atoms with Gasteiger partial charge in [-0.1, -0.05) is 18.2 Å². The molecular formula is C17H14N4O2. The van der Waals surface area contributed by atoms with E-state index in [2.05, 4.69) is 10.1 Å². The van der Waals surface area contributed by atoms with Gasteiger partial charge < -0.3 is 0 Å². The van der Waals surface area contributed by atoms with Gasteiger partial charge in [0.2, 0.25) is 0 Å². The number of hydrogen-bond acceptors (Lipinski definition) is 4. The fourth-order valence-corrected chi connectivity index (χ4v) is 2.30. The third kappa shape index (κ3) is 3.01. The lowest BCUT2D eigenvalue weighted by Crippen LogP contribution is -1.94. The van der Waals surface area contributed by atoms with Crippen LogP contribution < -0.4 is 0 Å². The Balaban J connectivity index is 2.07. The summed E-state index contributed by atoms with van der Waals surface area (Å²) in [7, 11) is 1.69. The normalized spacial score (nSPS) is 11.0. The van der Waals surface area contributed by atoms with E-state index in [-0.39, 0.29) is 5.69 Å². The standard InChI is InChI=1S/C17H14N4O2/c1-18-11-14-12-20(15-5-3-2-4-6-15)19-17(14)13-7-9-16(10-8-13)21(22)23/h2-12H,1H3. The second kappa shape index (κ2) is 6.23. The van der Waals surface area contributed by atoms with Crippen LogP contribution in [0.5, 0.6) is 0 Å². The number of aliphatic imine (C=N–C) groups is 1. The topological polar surface area (TPSA) is 73.3 Å². The molecule has 2 aromatic carbocycles. The van der Waals surface area contributed by atoms with E-state index < -0.39 is 4.92 Å². The quantitative estimate of drug-likeness (QED) is 0.420. The summed E-state index contributed by atoms with van der Waals surface area (Å²) in [5.74, 6) is 0. The van der Waals surface area contributed by atoms with Crippen molar-refractivity contribution in [2.75, 3.05) is 7.05 Å². The summed E-state index contributed by atoms with van der Waals surface area (Å²) >= 11 is 0. The van der Waals surface area contributed by atoms with Crippen molar-refractivity contribution in [3.8, 4) is 16.9 Å². The summed E-state index contributed by atoms with van der Waals surface area (Å²) in [4.78, 5) is 14.4. The molecule has 6 nitrogen and oxygen atoms in total. The van der Waals surface area contributed by atoms with E-state index in [4.69, 9.17) is 0 Å². The van der Waals surface area contributed by atoms with Crippen molar-refractivity contribution < 1.29 is 4.92 Å². The van der Waals surface area contributed by atoms with Crippen molar-refractivity contribution in [1.82, 2.24) is 9.78 Å². The molecule has 0 N–H and O–H groups in total. The molecule has 0 fully saturated rings. The Bertz CT molecular complexity index is 852. The van der Waals surface area contributed by atoms with Crippen LogP contribution in [0.4, 0.5) is 5.69 Å². The van der Waals surface area contributed by atoms with Crippen LogP contribution >= 0.6 is 0 Å². The van der Waals surface area contributed by atoms with Crippen molar-refractivity contribution in [3.63, 3.8) is 0 Å². The van der Waals surface area contributed by atoms with Crippen molar-refractivity contribution in [2.45, 2.75) is 0 Å². The smallest absolute Gasteiger partial charge is 0.269 e. The van der Waals surface area contributed by atoms with Gasteiger partial charge in [0.25, 0.3) is 5.69 Å². The maximum absolute atomic E-state index is 10.8. The lowest BCUT2D eigenvalue weighted by Gasteiger charge is -2.00. The average Bonchev–Trinajstić information content (AvgIpc) is 3.00. The number of benzene rings is 2. The summed E-state index contributed by atoms with van der Waals surface area (Å²) in [6.07, 6.45) is 3.61. The summed E-state index contributed by atoms with van der Waals surface area (Å²) < 4.78 is 1.77. The molecular weight excluding hydrogens is 292 g/mol. The van der Waals surface area contributed by atoms with E-state index in [0.29, 0.717) is 0 Å². The van der Waals surface area contributed by atoms with Crippen LogP contribution in [0.3, 0.4) is 0 Å². The minimum Gasteiger partial charge on any atom is -0.296 e. The molecule has 0 saturated heterocycles. The van der Waals surface area contributed by atoms with Gasteiger partial charge in [0, 0.05) is 42.7 Å². The second-order valence-electron chi connectivity index (χ2n) is 4.90. The van der Waals surface area contributed by atoms with Crippen LogP contribution in [0.15, 0.2) is 65.8 Å². The number of rotatable bonds is 4. The van der Waals surface area contributed by atoms with Crippen LogP contribution in [0.2, 0.25) is 0 Å². The van der Waals surface area contributed by atoms with Crippen LogP contribution in [0.1, 0.15) is 5.56 Å². The molecule has 1 aromatic heterocycles. The zero-order valence-electron chi connectivity index (χ0n) is 12.5. The van der Waals surface area contributed by atoms with E-state index in [9.17, 15) is 10.1 Å². The largest absolute Gasteiger partial charge is 0.296 e. The molecule has 0 spiro atoms. The Morgan fingerprint density at radius 2 is 1.83 bits per heavy atom. The maximum Gasteiger partial charge on any atom is 0.269 e. The minimum absolute atomic E-state index is 0.0574. The fourth-order valence-electron chi connectivity index (χ4n) is 2.30. The molecule has 0 amide bonds. The van der Waals surface area contributed by atoms with E-state index in [1.54, 1.807) is 30.1 Å². The fraction of sp³-hybridized carbons (Fsp3) is 0.0588. The molecule has 1 heterocycles. The first-order chi connectivity index (χ1) is 11.2. The molecule has 0 aliphatic heterocycles. The van der Waals surface area contributed by atoms with E-state index in [1.165, 1.54) is 12.1 Å². The number of nitro benzene ring substituents is 1. The molecule has 114 valence electrons. The van der Waals surface area contributed by atoms with Crippen LogP contribution in [-0.4, -0.2) is 28.0 Å². The highest BCUT2D eigenvalue weighted by Crippen LogP contribution is 2.24. The number of para-hydroxylation sites is 1. The van der Waals surface area contributed by atoms with Crippen LogP contribution in [-0.2, 0) is 0 Å². The van der Waals surface area contributed by atoms with Gasteiger partial charge in [0.05, 0.1) is 10.6 Å². The third-order valence-electron chi connectivity index (χ3n) is 3.38. The molecule has 0 aliphatic carbocycles. The summed E-state index contributed by atoms with van der Waals surface area (Å²) in [6, 6.07) is 16.1. The Morgan fingerprint density at radius 1 is 1.13 bits per heavy atom. The minimum atomic E-state index is -0.416. The molecule has 6 heteroatoms. The highest BCUT2D eigenvalue weighted by Gasteiger charge is 2.12. The first kappa shape index (κ1) is 14.6. The summed E-state index contributed by atoms with van der Waals surface area (Å²) in [6.45, 7) is 0. The van der Waals surface area contributed by atoms with Gasteiger partial charge in [-0.25, -0.2) is 4.68 Å². The zero-order chi connectivity index (χ0) is 16.2. The van der Waals surface area contributed by atoms with Crippen LogP contribution in [0, 0.1) is 10.1 Å². The van der Waals surface area contributed by atoms with Gasteiger partial charge in [-0.15, -0.1) is 0 Å². The Morgan fingerprint density at radius 3 is 2.43 bits per heavy atom. The van der Waals surface area contributed by atoms with Crippen molar-refractivity contribution in [1.29, 1.82) is 0 Å². The van der Waals surface area contributed by atoms with Gasteiger partial charge in [0.15, 0.2) is 0 Å². The van der Waals surface area contributed by atoms with Gasteiger partial charge in [-0.2, -0.15) is 5.10 Å². The lowest BCUT2D eigenvalue weighted by atomic mass is 10.1. The predicted octanol–water partition coefficient (Wildman–Crippen LogP) is 3.50. The average molecular weight is 306 g/mol. The molecule has 0 radical (unpaired) electrons. The van der Waals surface area contributed by atoms with Crippen LogP contribution in [0.25, 0.3) is 16.9 Å². The van der Waals surface area contributed by atoms with Gasteiger partial charge in [0.1, 0.15) is 5.69 Å². The number of aromatic nitrogens is 2. The molecule has 0 bridgehead atoms. The van der Waals surface area contributed by atoms with E-state index in [1.807, 2.05) is 36.5 Å². The lowest BCUT2D eigenvalue weighted by molar-refractivity contribution is -0.384. The Labute approximate surface area is 132 Å². The molecule has 0 atom stereocenters. The summed E-state index contributed by atoms with van der Waals surface area (Å²) in [5.41, 5.74) is 3.38.